The summed E-state index contributed by atoms with van der Waals surface area (Å²) in [5.41, 5.74) is 0. The van der Waals surface area contributed by atoms with Crippen molar-refractivity contribution in [3.05, 3.63) is 0 Å². The molecule has 0 aromatic heterocycles. The van der Waals surface area contributed by atoms with Gasteiger partial charge >= 0.3 is 0 Å². The summed E-state index contributed by atoms with van der Waals surface area (Å²) in [5, 5.41) is 9.17. The largest absolute Gasteiger partial charge is 0.393 e. The Hall–Kier alpha value is -0.610. The molecule has 1 rings (SSSR count). The van der Waals surface area contributed by atoms with E-state index in [2.05, 4.69) is 4.90 Å². The van der Waals surface area contributed by atoms with Crippen molar-refractivity contribution in [3.8, 4) is 0 Å². The molecule has 0 aromatic carbocycles. The summed E-state index contributed by atoms with van der Waals surface area (Å²) in [6.07, 6.45) is 1.66. The molecule has 0 radical (unpaired) electrons. The second-order valence-corrected chi connectivity index (χ2v) is 4.84. The molecular formula is C11H22N2O2. The first kappa shape index (κ1) is 12.5. The fraction of sp³-hybridized carbons (Fsp3) is 0.909. The van der Waals surface area contributed by atoms with Crippen LogP contribution in [0.4, 0.5) is 0 Å². The van der Waals surface area contributed by atoms with Gasteiger partial charge in [-0.3, -0.25) is 9.69 Å². The van der Waals surface area contributed by atoms with Gasteiger partial charge in [-0.15, -0.1) is 0 Å². The number of carbonyl (C=O) groups is 1. The van der Waals surface area contributed by atoms with Gasteiger partial charge in [0, 0.05) is 20.6 Å². The molecule has 0 aliphatic heterocycles. The van der Waals surface area contributed by atoms with E-state index in [-0.39, 0.29) is 18.1 Å². The number of nitrogens with zero attached hydrogens (tertiary/aromatic N) is 2. The molecule has 15 heavy (non-hydrogen) atoms. The number of aliphatic hydroxyl groups is 1. The van der Waals surface area contributed by atoms with Crippen LogP contribution in [0.25, 0.3) is 0 Å². The van der Waals surface area contributed by atoms with Crippen LogP contribution in [0.2, 0.25) is 0 Å². The molecule has 88 valence electrons. The van der Waals surface area contributed by atoms with Crippen molar-refractivity contribution < 1.29 is 9.90 Å². The summed E-state index contributed by atoms with van der Waals surface area (Å²) in [6.45, 7) is 2.83. The Morgan fingerprint density at radius 2 is 1.93 bits per heavy atom. The minimum atomic E-state index is -0.108. The molecule has 4 heteroatoms. The Morgan fingerprint density at radius 1 is 1.40 bits per heavy atom. The maximum Gasteiger partial charge on any atom is 0.239 e. The zero-order valence-corrected chi connectivity index (χ0v) is 10.1. The van der Waals surface area contributed by atoms with E-state index < -0.39 is 0 Å². The fourth-order valence-electron chi connectivity index (χ4n) is 1.98. The number of rotatable bonds is 4. The highest BCUT2D eigenvalue weighted by Crippen LogP contribution is 2.27. The summed E-state index contributed by atoms with van der Waals surface area (Å²) >= 11 is 0. The van der Waals surface area contributed by atoms with Crippen LogP contribution >= 0.6 is 0 Å². The predicted octanol–water partition coefficient (Wildman–Crippen LogP) is 0.166. The van der Waals surface area contributed by atoms with Gasteiger partial charge in [-0.2, -0.15) is 0 Å². The first-order valence-corrected chi connectivity index (χ1v) is 5.51. The first-order valence-electron chi connectivity index (χ1n) is 5.51. The molecule has 1 N–H and O–H groups in total. The van der Waals surface area contributed by atoms with Crippen LogP contribution in [0, 0.1) is 5.92 Å². The Bertz CT molecular complexity index is 225. The molecule has 1 saturated carbocycles. The summed E-state index contributed by atoms with van der Waals surface area (Å²) in [6, 6.07) is -0.0715. The highest BCUT2D eigenvalue weighted by Gasteiger charge is 2.30. The van der Waals surface area contributed by atoms with Crippen molar-refractivity contribution in [2.24, 2.45) is 5.92 Å². The number of likely N-dealkylation sites (N-methyl/N-ethyl adjacent to an activating group) is 2. The summed E-state index contributed by atoms with van der Waals surface area (Å²) < 4.78 is 0. The maximum absolute atomic E-state index is 11.7. The minimum absolute atomic E-state index is 0.0715. The zero-order chi connectivity index (χ0) is 11.6. The molecule has 0 aromatic rings. The normalized spacial score (nSPS) is 27.3. The van der Waals surface area contributed by atoms with Crippen molar-refractivity contribution in [1.29, 1.82) is 0 Å². The van der Waals surface area contributed by atoms with Gasteiger partial charge in [0.05, 0.1) is 12.1 Å². The van der Waals surface area contributed by atoms with Gasteiger partial charge in [0.15, 0.2) is 0 Å². The molecule has 1 atom stereocenters. The molecule has 0 saturated heterocycles. The average molecular weight is 214 g/mol. The van der Waals surface area contributed by atoms with E-state index in [1.807, 2.05) is 14.0 Å². The fourth-order valence-corrected chi connectivity index (χ4v) is 1.98. The maximum atomic E-state index is 11.7. The van der Waals surface area contributed by atoms with E-state index in [0.29, 0.717) is 5.92 Å². The van der Waals surface area contributed by atoms with Crippen LogP contribution < -0.4 is 0 Å². The Kier molecular flexibility index (Phi) is 4.11. The summed E-state index contributed by atoms with van der Waals surface area (Å²) in [4.78, 5) is 15.4. The molecule has 4 nitrogen and oxygen atoms in total. The lowest BCUT2D eigenvalue weighted by molar-refractivity contribution is -0.133. The third kappa shape index (κ3) is 3.18. The molecule has 1 unspecified atom stereocenters. The third-order valence-electron chi connectivity index (χ3n) is 3.22. The van der Waals surface area contributed by atoms with Crippen LogP contribution in [-0.2, 0) is 4.79 Å². The molecule has 0 bridgehead atoms. The molecular weight excluding hydrogens is 192 g/mol. The van der Waals surface area contributed by atoms with Crippen LogP contribution in [-0.4, -0.2) is 60.6 Å². The van der Waals surface area contributed by atoms with E-state index in [0.717, 1.165) is 19.4 Å². The quantitative estimate of drug-likeness (QED) is 0.725. The summed E-state index contributed by atoms with van der Waals surface area (Å²) in [5.74, 6) is 0.694. The van der Waals surface area contributed by atoms with Crippen molar-refractivity contribution in [2.45, 2.75) is 31.9 Å². The lowest BCUT2D eigenvalue weighted by atomic mass is 9.82. The SMILES string of the molecule is CC(C(=O)N(C)C)N(C)CC1CC(O)C1. The van der Waals surface area contributed by atoms with Crippen LogP contribution in [0.5, 0.6) is 0 Å². The molecule has 0 spiro atoms. The van der Waals surface area contributed by atoms with Gasteiger partial charge in [-0.1, -0.05) is 0 Å². The van der Waals surface area contributed by atoms with Crippen molar-refractivity contribution in [3.63, 3.8) is 0 Å². The molecule has 0 heterocycles. The van der Waals surface area contributed by atoms with Crippen LogP contribution in [0.15, 0.2) is 0 Å². The van der Waals surface area contributed by atoms with Gasteiger partial charge in [0.2, 0.25) is 5.91 Å². The van der Waals surface area contributed by atoms with Gasteiger partial charge < -0.3 is 10.0 Å². The molecule has 1 aliphatic rings. The number of carbonyl (C=O) groups excluding carboxylic acids is 1. The van der Waals surface area contributed by atoms with E-state index in [1.165, 1.54) is 0 Å². The number of hydrogen-bond donors (Lipinski definition) is 1. The highest BCUT2D eigenvalue weighted by atomic mass is 16.3. The Labute approximate surface area is 91.9 Å². The molecule has 1 amide bonds. The van der Waals surface area contributed by atoms with Gasteiger partial charge in [-0.05, 0) is 32.7 Å². The average Bonchev–Trinajstić information content (AvgIpc) is 2.12. The number of aliphatic hydroxyl groups excluding tert-OH is 1. The van der Waals surface area contributed by atoms with Crippen LogP contribution in [0.3, 0.4) is 0 Å². The summed E-state index contributed by atoms with van der Waals surface area (Å²) in [7, 11) is 5.52. The van der Waals surface area contributed by atoms with Crippen LogP contribution in [0.1, 0.15) is 19.8 Å². The lowest BCUT2D eigenvalue weighted by Gasteiger charge is -2.36. The number of amides is 1. The van der Waals surface area contributed by atoms with E-state index in [9.17, 15) is 9.90 Å². The van der Waals surface area contributed by atoms with Crippen molar-refractivity contribution >= 4 is 5.91 Å². The molecule has 1 fully saturated rings. The Balaban J connectivity index is 2.33. The van der Waals surface area contributed by atoms with E-state index in [4.69, 9.17) is 0 Å². The minimum Gasteiger partial charge on any atom is -0.393 e. The number of hydrogen-bond acceptors (Lipinski definition) is 3. The first-order chi connectivity index (χ1) is 6.91. The van der Waals surface area contributed by atoms with Crippen molar-refractivity contribution in [1.82, 2.24) is 9.80 Å². The van der Waals surface area contributed by atoms with Crippen molar-refractivity contribution in [2.75, 3.05) is 27.7 Å². The molecule has 1 aliphatic carbocycles. The highest BCUT2D eigenvalue weighted by molar-refractivity contribution is 5.80. The predicted molar refractivity (Wildman–Crippen MR) is 59.5 cm³/mol. The lowest BCUT2D eigenvalue weighted by Crippen LogP contribution is -2.46. The van der Waals surface area contributed by atoms with E-state index >= 15 is 0 Å². The smallest absolute Gasteiger partial charge is 0.239 e. The third-order valence-corrected chi connectivity index (χ3v) is 3.22. The van der Waals surface area contributed by atoms with Gasteiger partial charge in [0.25, 0.3) is 0 Å². The zero-order valence-electron chi connectivity index (χ0n) is 10.1. The standard InChI is InChI=1S/C11H22N2O2/c1-8(11(15)12(2)3)13(4)7-9-5-10(14)6-9/h8-10,14H,5-7H2,1-4H3. The Morgan fingerprint density at radius 3 is 2.33 bits per heavy atom. The second kappa shape index (κ2) is 4.94. The van der Waals surface area contributed by atoms with Gasteiger partial charge in [0.1, 0.15) is 0 Å². The topological polar surface area (TPSA) is 43.8 Å². The monoisotopic (exact) mass is 214 g/mol. The van der Waals surface area contributed by atoms with E-state index in [1.54, 1.807) is 19.0 Å². The van der Waals surface area contributed by atoms with Gasteiger partial charge in [-0.25, -0.2) is 0 Å². The second-order valence-electron chi connectivity index (χ2n) is 4.84.